The second kappa shape index (κ2) is 12.0. The van der Waals surface area contributed by atoms with Crippen molar-refractivity contribution in [1.82, 2.24) is 9.21 Å². The molecule has 0 unspecified atom stereocenters. The first-order valence-electron chi connectivity index (χ1n) is 13.4. The molecular formula is C31H31FN2O7S. The van der Waals surface area contributed by atoms with Gasteiger partial charge < -0.3 is 24.2 Å². The highest BCUT2D eigenvalue weighted by molar-refractivity contribution is 7.89. The predicted molar refractivity (Wildman–Crippen MR) is 152 cm³/mol. The monoisotopic (exact) mass is 594 g/mol. The summed E-state index contributed by atoms with van der Waals surface area (Å²) in [6, 6.07) is 14.8. The number of amides is 1. The van der Waals surface area contributed by atoms with Crippen molar-refractivity contribution in [3.8, 4) is 29.1 Å². The van der Waals surface area contributed by atoms with Crippen molar-refractivity contribution in [2.24, 2.45) is 5.92 Å². The van der Waals surface area contributed by atoms with Crippen molar-refractivity contribution in [1.29, 1.82) is 0 Å². The van der Waals surface area contributed by atoms with Crippen LogP contribution in [-0.2, 0) is 10.0 Å². The van der Waals surface area contributed by atoms with Crippen LogP contribution in [0.5, 0.6) is 17.2 Å². The van der Waals surface area contributed by atoms with E-state index in [1.807, 2.05) is 6.92 Å². The van der Waals surface area contributed by atoms with Crippen molar-refractivity contribution < 1.29 is 36.9 Å². The molecule has 3 atom stereocenters. The number of hydrogen-bond acceptors (Lipinski definition) is 7. The molecule has 0 fully saturated rings. The van der Waals surface area contributed by atoms with Gasteiger partial charge in [0.05, 0.1) is 18.7 Å². The van der Waals surface area contributed by atoms with Crippen LogP contribution in [0.3, 0.4) is 0 Å². The molecule has 1 N–H and O–H groups in total. The summed E-state index contributed by atoms with van der Waals surface area (Å²) in [4.78, 5) is 14.8. The van der Waals surface area contributed by atoms with E-state index in [-0.39, 0.29) is 54.5 Å². The van der Waals surface area contributed by atoms with Gasteiger partial charge in [0.15, 0.2) is 11.5 Å². The van der Waals surface area contributed by atoms with Crippen LogP contribution in [0, 0.1) is 23.6 Å². The van der Waals surface area contributed by atoms with Gasteiger partial charge >= 0.3 is 0 Å². The van der Waals surface area contributed by atoms with Gasteiger partial charge in [-0.2, -0.15) is 4.31 Å². The van der Waals surface area contributed by atoms with Crippen LogP contribution in [-0.4, -0.2) is 74.3 Å². The second-order valence-corrected chi connectivity index (χ2v) is 12.2. The van der Waals surface area contributed by atoms with Gasteiger partial charge in [0.25, 0.3) is 5.91 Å². The number of rotatable bonds is 5. The first-order chi connectivity index (χ1) is 20.1. The average molecular weight is 595 g/mol. The third-order valence-electron chi connectivity index (χ3n) is 7.30. The Morgan fingerprint density at radius 1 is 1.10 bits per heavy atom. The maximum Gasteiger partial charge on any atom is 0.253 e. The molecule has 2 aliphatic rings. The Labute approximate surface area is 244 Å². The molecule has 5 rings (SSSR count). The molecule has 0 spiro atoms. The van der Waals surface area contributed by atoms with Gasteiger partial charge in [-0.25, -0.2) is 12.8 Å². The molecule has 0 aliphatic carbocycles. The lowest BCUT2D eigenvalue weighted by molar-refractivity contribution is 0.0563. The van der Waals surface area contributed by atoms with Gasteiger partial charge in [-0.1, -0.05) is 30.9 Å². The van der Waals surface area contributed by atoms with Gasteiger partial charge in [0, 0.05) is 36.7 Å². The number of aliphatic hydroxyl groups excluding tert-OH is 1. The Bertz CT molecular complexity index is 1670. The largest absolute Gasteiger partial charge is 0.487 e. The SMILES string of the molecule is C[C@@H]1CN([C@H](C)CO)S(=O)(=O)c2ccc(C#Cc3ccccc3F)cc2O[C@H]1CN(C)C(=O)c1ccc2c(c1)OCO2. The van der Waals surface area contributed by atoms with Crippen molar-refractivity contribution in [3.63, 3.8) is 0 Å². The van der Waals surface area contributed by atoms with Crippen molar-refractivity contribution in [3.05, 3.63) is 83.2 Å². The molecule has 42 heavy (non-hydrogen) atoms. The van der Waals surface area contributed by atoms with Crippen molar-refractivity contribution in [2.45, 2.75) is 30.9 Å². The van der Waals surface area contributed by atoms with E-state index >= 15 is 0 Å². The molecule has 11 heteroatoms. The van der Waals surface area contributed by atoms with Crippen molar-refractivity contribution >= 4 is 15.9 Å². The molecular weight excluding hydrogens is 563 g/mol. The van der Waals surface area contributed by atoms with E-state index < -0.39 is 28.0 Å². The topological polar surface area (TPSA) is 106 Å². The van der Waals surface area contributed by atoms with Crippen LogP contribution in [0.15, 0.2) is 65.6 Å². The van der Waals surface area contributed by atoms with Crippen LogP contribution >= 0.6 is 0 Å². The van der Waals surface area contributed by atoms with E-state index in [0.29, 0.717) is 22.6 Å². The minimum atomic E-state index is -4.06. The fourth-order valence-electron chi connectivity index (χ4n) is 4.83. The highest BCUT2D eigenvalue weighted by Gasteiger charge is 2.38. The first kappa shape index (κ1) is 29.4. The summed E-state index contributed by atoms with van der Waals surface area (Å²) in [5.41, 5.74) is 1.03. The van der Waals surface area contributed by atoms with E-state index in [1.165, 1.54) is 33.5 Å². The lowest BCUT2D eigenvalue weighted by Crippen LogP contribution is -2.50. The third kappa shape index (κ3) is 5.92. The molecule has 9 nitrogen and oxygen atoms in total. The maximum atomic E-state index is 14.1. The highest BCUT2D eigenvalue weighted by atomic mass is 32.2. The summed E-state index contributed by atoms with van der Waals surface area (Å²) in [5.74, 6) is 5.66. The quantitative estimate of drug-likeness (QED) is 0.451. The van der Waals surface area contributed by atoms with Crippen LogP contribution in [0.2, 0.25) is 0 Å². The molecule has 0 saturated heterocycles. The summed E-state index contributed by atoms with van der Waals surface area (Å²) in [7, 11) is -2.42. The summed E-state index contributed by atoms with van der Waals surface area (Å²) < 4.78 is 59.9. The van der Waals surface area contributed by atoms with Crippen molar-refractivity contribution in [2.75, 3.05) is 33.5 Å². The number of halogens is 1. The first-order valence-corrected chi connectivity index (χ1v) is 14.9. The summed E-state index contributed by atoms with van der Waals surface area (Å²) in [5, 5.41) is 9.88. The zero-order valence-electron chi connectivity index (χ0n) is 23.4. The number of carbonyl (C=O) groups excluding carboxylic acids is 1. The van der Waals surface area contributed by atoms with Crippen LogP contribution in [0.25, 0.3) is 0 Å². The predicted octanol–water partition coefficient (Wildman–Crippen LogP) is 3.50. The zero-order valence-corrected chi connectivity index (χ0v) is 24.2. The van der Waals surface area contributed by atoms with Gasteiger partial charge in [-0.05, 0) is 55.5 Å². The molecule has 2 aliphatic heterocycles. The van der Waals surface area contributed by atoms with Gasteiger partial charge in [-0.15, -0.1) is 0 Å². The number of carbonyl (C=O) groups is 1. The standard InChI is InChI=1S/C31H31FN2O7S/c1-20-16-34(21(2)18-35)42(37,38)30-13-9-22(8-10-23-6-4-5-7-25(23)32)14-28(30)41-29(20)17-33(3)31(36)24-11-12-26-27(15-24)40-19-39-26/h4-7,9,11-15,20-21,29,35H,16-19H2,1-3H3/t20-,21-,29+/m1/s1. The number of fused-ring (bicyclic) bond motifs is 2. The number of aliphatic hydroxyl groups is 1. The highest BCUT2D eigenvalue weighted by Crippen LogP contribution is 2.35. The molecule has 3 aromatic carbocycles. The normalized spacial score (nSPS) is 19.7. The molecule has 0 radical (unpaired) electrons. The Balaban J connectivity index is 1.48. The maximum absolute atomic E-state index is 14.1. The molecule has 2 heterocycles. The molecule has 0 bridgehead atoms. The summed E-state index contributed by atoms with van der Waals surface area (Å²) in [6.07, 6.45) is -0.620. The smallest absolute Gasteiger partial charge is 0.253 e. The Hall–Kier alpha value is -4.11. The van der Waals surface area contributed by atoms with Crippen LogP contribution in [0.4, 0.5) is 4.39 Å². The lowest BCUT2D eigenvalue weighted by atomic mass is 10.0. The lowest BCUT2D eigenvalue weighted by Gasteiger charge is -2.37. The van der Waals surface area contributed by atoms with E-state index in [2.05, 4.69) is 11.8 Å². The Morgan fingerprint density at radius 3 is 2.62 bits per heavy atom. The number of likely N-dealkylation sites (N-methyl/N-ethyl adjacent to an activating group) is 1. The van der Waals surface area contributed by atoms with E-state index in [1.54, 1.807) is 50.4 Å². The summed E-state index contributed by atoms with van der Waals surface area (Å²) in [6.45, 7) is 3.39. The minimum absolute atomic E-state index is 0.0611. The number of hydrogen-bond donors (Lipinski definition) is 1. The zero-order chi connectivity index (χ0) is 30.0. The molecule has 0 aromatic heterocycles. The number of ether oxygens (including phenoxy) is 3. The molecule has 0 saturated carbocycles. The fourth-order valence-corrected chi connectivity index (χ4v) is 6.65. The molecule has 3 aromatic rings. The average Bonchev–Trinajstić information content (AvgIpc) is 3.45. The van der Waals surface area contributed by atoms with Gasteiger partial charge in [0.2, 0.25) is 16.8 Å². The Morgan fingerprint density at radius 2 is 1.86 bits per heavy atom. The minimum Gasteiger partial charge on any atom is -0.487 e. The van der Waals surface area contributed by atoms with E-state index in [0.717, 1.165) is 0 Å². The van der Waals surface area contributed by atoms with Crippen LogP contribution < -0.4 is 14.2 Å². The number of sulfonamides is 1. The fraction of sp³-hybridized carbons (Fsp3) is 0.323. The third-order valence-corrected chi connectivity index (χ3v) is 9.32. The van der Waals surface area contributed by atoms with E-state index in [4.69, 9.17) is 14.2 Å². The number of benzene rings is 3. The van der Waals surface area contributed by atoms with E-state index in [9.17, 15) is 22.7 Å². The van der Waals surface area contributed by atoms with Gasteiger partial charge in [-0.3, -0.25) is 4.79 Å². The van der Waals surface area contributed by atoms with Gasteiger partial charge in [0.1, 0.15) is 22.6 Å². The Kier molecular flexibility index (Phi) is 8.41. The molecule has 220 valence electrons. The molecule has 1 amide bonds. The summed E-state index contributed by atoms with van der Waals surface area (Å²) >= 11 is 0. The number of nitrogens with zero attached hydrogens (tertiary/aromatic N) is 2. The van der Waals surface area contributed by atoms with Crippen LogP contribution in [0.1, 0.15) is 35.3 Å². The second-order valence-electron chi connectivity index (χ2n) is 10.4.